The molecule has 0 spiro atoms. The summed E-state index contributed by atoms with van der Waals surface area (Å²) in [7, 11) is -1.93. The van der Waals surface area contributed by atoms with Crippen LogP contribution in [0.4, 0.5) is 5.69 Å². The SMILES string of the molecule is COc1cccc(CN(C(=O)CCCN(c2ccccc2)S(C)(=O)=O)C(C)C(=O)NCC(C)C)c1. The smallest absolute Gasteiger partial charge is 0.242 e. The number of benzene rings is 2. The van der Waals surface area contributed by atoms with Gasteiger partial charge in [-0.05, 0) is 49.1 Å². The molecule has 2 aromatic rings. The first kappa shape index (κ1) is 28.2. The lowest BCUT2D eigenvalue weighted by molar-refractivity contribution is -0.140. The number of methoxy groups -OCH3 is 1. The number of nitrogens with one attached hydrogen (secondary N) is 1. The third-order valence-electron chi connectivity index (χ3n) is 5.54. The number of anilines is 1. The first-order valence-electron chi connectivity index (χ1n) is 11.8. The minimum atomic E-state index is -3.51. The molecule has 1 atom stereocenters. The van der Waals surface area contributed by atoms with Crippen molar-refractivity contribution in [3.63, 3.8) is 0 Å². The Morgan fingerprint density at radius 3 is 2.31 bits per heavy atom. The molecule has 0 bridgehead atoms. The Morgan fingerprint density at radius 1 is 1.03 bits per heavy atom. The molecule has 0 saturated carbocycles. The third kappa shape index (κ3) is 8.90. The summed E-state index contributed by atoms with van der Waals surface area (Å²) < 4.78 is 31.3. The molecule has 2 rings (SSSR count). The molecule has 0 aromatic heterocycles. The molecule has 1 unspecified atom stereocenters. The van der Waals surface area contributed by atoms with Gasteiger partial charge in [0.05, 0.1) is 19.1 Å². The number of hydrogen-bond donors (Lipinski definition) is 1. The highest BCUT2D eigenvalue weighted by Gasteiger charge is 2.26. The van der Waals surface area contributed by atoms with E-state index in [1.165, 1.54) is 9.21 Å². The number of carbonyl (C=O) groups is 2. The van der Waals surface area contributed by atoms with Gasteiger partial charge in [0.25, 0.3) is 0 Å². The standard InChI is InChI=1S/C26H37N3O5S/c1-20(2)18-27-26(31)21(3)28(19-22-11-9-14-24(17-22)34-4)25(30)15-10-16-29(35(5,32)33)23-12-7-6-8-13-23/h6-9,11-14,17,20-21H,10,15-16,18-19H2,1-5H3,(H,27,31). The van der Waals surface area contributed by atoms with E-state index >= 15 is 0 Å². The van der Waals surface area contributed by atoms with Crippen molar-refractivity contribution in [1.29, 1.82) is 0 Å². The van der Waals surface area contributed by atoms with Crippen molar-refractivity contribution in [2.24, 2.45) is 5.92 Å². The molecular weight excluding hydrogens is 466 g/mol. The Labute approximate surface area is 209 Å². The second-order valence-corrected chi connectivity index (χ2v) is 10.9. The fourth-order valence-corrected chi connectivity index (χ4v) is 4.57. The topological polar surface area (TPSA) is 96.0 Å². The number of amides is 2. The fraction of sp³-hybridized carbons (Fsp3) is 0.462. The molecule has 0 radical (unpaired) electrons. The first-order chi connectivity index (χ1) is 16.5. The van der Waals surface area contributed by atoms with Crippen LogP contribution >= 0.6 is 0 Å². The van der Waals surface area contributed by atoms with E-state index in [0.717, 1.165) is 11.8 Å². The highest BCUT2D eigenvalue weighted by atomic mass is 32.2. The van der Waals surface area contributed by atoms with Crippen molar-refractivity contribution >= 4 is 27.5 Å². The summed E-state index contributed by atoms with van der Waals surface area (Å²) >= 11 is 0. The predicted octanol–water partition coefficient (Wildman–Crippen LogP) is 3.43. The summed E-state index contributed by atoms with van der Waals surface area (Å²) in [5, 5.41) is 2.90. The van der Waals surface area contributed by atoms with Crippen molar-refractivity contribution in [2.75, 3.05) is 30.8 Å². The van der Waals surface area contributed by atoms with Gasteiger partial charge in [-0.1, -0.05) is 44.2 Å². The molecule has 0 aliphatic rings. The van der Waals surface area contributed by atoms with Crippen LogP contribution in [0.1, 0.15) is 39.2 Å². The number of carbonyl (C=O) groups excluding carboxylic acids is 2. The van der Waals surface area contributed by atoms with Gasteiger partial charge in [-0.15, -0.1) is 0 Å². The second-order valence-electron chi connectivity index (χ2n) is 8.96. The van der Waals surface area contributed by atoms with E-state index in [4.69, 9.17) is 4.74 Å². The number of sulfonamides is 1. The van der Waals surface area contributed by atoms with Crippen LogP contribution in [0.5, 0.6) is 5.75 Å². The Hall–Kier alpha value is -3.07. The van der Waals surface area contributed by atoms with Crippen molar-refractivity contribution in [1.82, 2.24) is 10.2 Å². The summed E-state index contributed by atoms with van der Waals surface area (Å²) in [5.41, 5.74) is 1.39. The zero-order valence-corrected chi connectivity index (χ0v) is 22.0. The molecule has 0 aliphatic heterocycles. The van der Waals surface area contributed by atoms with Gasteiger partial charge in [-0.25, -0.2) is 8.42 Å². The monoisotopic (exact) mass is 503 g/mol. The highest BCUT2D eigenvalue weighted by molar-refractivity contribution is 7.92. The van der Waals surface area contributed by atoms with Crippen molar-refractivity contribution < 1.29 is 22.7 Å². The minimum Gasteiger partial charge on any atom is -0.497 e. The van der Waals surface area contributed by atoms with E-state index in [-0.39, 0.29) is 37.2 Å². The Bertz CT molecular complexity index is 1070. The van der Waals surface area contributed by atoms with E-state index < -0.39 is 16.1 Å². The van der Waals surface area contributed by atoms with Crippen LogP contribution in [0.15, 0.2) is 54.6 Å². The van der Waals surface area contributed by atoms with Gasteiger partial charge in [0.15, 0.2) is 0 Å². The summed E-state index contributed by atoms with van der Waals surface area (Å²) in [5.74, 6) is 0.505. The van der Waals surface area contributed by atoms with Crippen LogP contribution in [0, 0.1) is 5.92 Å². The molecular formula is C26H37N3O5S. The van der Waals surface area contributed by atoms with Crippen molar-refractivity contribution in [3.05, 3.63) is 60.2 Å². The summed E-state index contributed by atoms with van der Waals surface area (Å²) in [6, 6.07) is 15.5. The lowest BCUT2D eigenvalue weighted by Crippen LogP contribution is -2.48. The van der Waals surface area contributed by atoms with E-state index in [0.29, 0.717) is 24.4 Å². The molecule has 2 amide bonds. The van der Waals surface area contributed by atoms with Crippen LogP contribution in [-0.2, 0) is 26.2 Å². The molecule has 35 heavy (non-hydrogen) atoms. The average molecular weight is 504 g/mol. The molecule has 0 heterocycles. The van der Waals surface area contributed by atoms with E-state index in [2.05, 4.69) is 5.32 Å². The first-order valence-corrected chi connectivity index (χ1v) is 13.6. The lowest BCUT2D eigenvalue weighted by atomic mass is 10.1. The summed E-state index contributed by atoms with van der Waals surface area (Å²) in [6.07, 6.45) is 1.57. The van der Waals surface area contributed by atoms with Crippen LogP contribution in [0.3, 0.4) is 0 Å². The molecule has 192 valence electrons. The summed E-state index contributed by atoms with van der Waals surface area (Å²) in [4.78, 5) is 27.6. The number of rotatable bonds is 13. The fourth-order valence-electron chi connectivity index (χ4n) is 3.60. The maximum Gasteiger partial charge on any atom is 0.242 e. The quantitative estimate of drug-likeness (QED) is 0.452. The number of hydrogen-bond acceptors (Lipinski definition) is 5. The third-order valence-corrected chi connectivity index (χ3v) is 6.73. The molecule has 0 fully saturated rings. The van der Waals surface area contributed by atoms with Crippen molar-refractivity contribution in [2.45, 2.75) is 46.2 Å². The van der Waals surface area contributed by atoms with Crippen molar-refractivity contribution in [3.8, 4) is 5.75 Å². The zero-order valence-electron chi connectivity index (χ0n) is 21.2. The largest absolute Gasteiger partial charge is 0.497 e. The van der Waals surface area contributed by atoms with Gasteiger partial charge in [-0.3, -0.25) is 13.9 Å². The molecule has 0 saturated heterocycles. The molecule has 8 nitrogen and oxygen atoms in total. The zero-order chi connectivity index (χ0) is 26.0. The number of ether oxygens (including phenoxy) is 1. The van der Waals surface area contributed by atoms with Crippen LogP contribution in [0.2, 0.25) is 0 Å². The molecule has 2 aromatic carbocycles. The van der Waals surface area contributed by atoms with Gasteiger partial charge < -0.3 is 15.0 Å². The lowest BCUT2D eigenvalue weighted by Gasteiger charge is -2.29. The van der Waals surface area contributed by atoms with Crippen LogP contribution in [0.25, 0.3) is 0 Å². The number of nitrogens with zero attached hydrogens (tertiary/aromatic N) is 2. The molecule has 9 heteroatoms. The van der Waals surface area contributed by atoms with Crippen LogP contribution < -0.4 is 14.4 Å². The van der Waals surface area contributed by atoms with E-state index in [1.807, 2.05) is 44.2 Å². The second kappa shape index (κ2) is 13.1. The van der Waals surface area contributed by atoms with Crippen LogP contribution in [-0.4, -0.2) is 57.6 Å². The summed E-state index contributed by atoms with van der Waals surface area (Å²) in [6.45, 7) is 6.64. The average Bonchev–Trinajstić information content (AvgIpc) is 2.82. The Kier molecular flexibility index (Phi) is 10.6. The number of para-hydroxylation sites is 1. The highest BCUT2D eigenvalue weighted by Crippen LogP contribution is 2.20. The van der Waals surface area contributed by atoms with Gasteiger partial charge >= 0.3 is 0 Å². The normalized spacial score (nSPS) is 12.2. The van der Waals surface area contributed by atoms with Gasteiger partial charge in [0.2, 0.25) is 21.8 Å². The van der Waals surface area contributed by atoms with Gasteiger partial charge in [0.1, 0.15) is 11.8 Å². The van der Waals surface area contributed by atoms with Gasteiger partial charge in [-0.2, -0.15) is 0 Å². The maximum atomic E-state index is 13.3. The van der Waals surface area contributed by atoms with Gasteiger partial charge in [0, 0.05) is 26.1 Å². The predicted molar refractivity (Wildman–Crippen MR) is 139 cm³/mol. The molecule has 1 N–H and O–H groups in total. The Balaban J connectivity index is 2.16. The molecule has 0 aliphatic carbocycles. The Morgan fingerprint density at radius 2 is 1.71 bits per heavy atom. The minimum absolute atomic E-state index is 0.102. The van der Waals surface area contributed by atoms with E-state index in [9.17, 15) is 18.0 Å². The maximum absolute atomic E-state index is 13.3. The van der Waals surface area contributed by atoms with E-state index in [1.54, 1.807) is 38.3 Å².